The van der Waals surface area contributed by atoms with E-state index in [0.29, 0.717) is 26.2 Å². The molecule has 130 valence electrons. The molecule has 3 rings (SSSR count). The molecule has 1 aliphatic carbocycles. The van der Waals surface area contributed by atoms with Gasteiger partial charge >= 0.3 is 0 Å². The number of amides is 2. The Labute approximate surface area is 136 Å². The van der Waals surface area contributed by atoms with Crippen molar-refractivity contribution in [2.24, 2.45) is 5.41 Å². The second kappa shape index (κ2) is 6.37. The summed E-state index contributed by atoms with van der Waals surface area (Å²) in [4.78, 5) is 27.6. The van der Waals surface area contributed by atoms with Crippen molar-refractivity contribution < 1.29 is 19.8 Å². The van der Waals surface area contributed by atoms with Gasteiger partial charge in [-0.1, -0.05) is 0 Å². The number of rotatable bonds is 4. The second-order valence-corrected chi connectivity index (χ2v) is 7.22. The fraction of sp³-hybridized carbons (Fsp3) is 0.875. The minimum absolute atomic E-state index is 0.0139. The van der Waals surface area contributed by atoms with Crippen LogP contribution in [-0.2, 0) is 9.59 Å². The number of hydrogen-bond acceptors (Lipinski definition) is 5. The molecule has 3 atom stereocenters. The van der Waals surface area contributed by atoms with E-state index in [9.17, 15) is 19.8 Å². The van der Waals surface area contributed by atoms with Gasteiger partial charge in [-0.15, -0.1) is 0 Å². The number of β-amino-alcohol motifs (C(OH)–C–C–N with tert-alkyl or cyclic N) is 1. The van der Waals surface area contributed by atoms with Crippen molar-refractivity contribution in [2.75, 3.05) is 32.7 Å². The van der Waals surface area contributed by atoms with E-state index in [2.05, 4.69) is 5.32 Å². The van der Waals surface area contributed by atoms with Crippen molar-refractivity contribution in [1.82, 2.24) is 15.1 Å². The fourth-order valence-corrected chi connectivity index (χ4v) is 3.68. The number of piperidine rings is 1. The summed E-state index contributed by atoms with van der Waals surface area (Å²) >= 11 is 0. The molecular formula is C16H27N3O4. The van der Waals surface area contributed by atoms with Crippen LogP contribution in [0.4, 0.5) is 0 Å². The first kappa shape index (κ1) is 16.7. The molecule has 0 bridgehead atoms. The maximum absolute atomic E-state index is 12.3. The minimum atomic E-state index is -1.10. The van der Waals surface area contributed by atoms with Gasteiger partial charge in [0.1, 0.15) is 6.10 Å². The average molecular weight is 325 g/mol. The third-order valence-electron chi connectivity index (χ3n) is 5.66. The lowest BCUT2D eigenvalue weighted by molar-refractivity contribution is -0.146. The zero-order chi connectivity index (χ0) is 16.6. The number of nitrogens with one attached hydrogen (secondary N) is 1. The van der Waals surface area contributed by atoms with Crippen LogP contribution in [0.25, 0.3) is 0 Å². The Morgan fingerprint density at radius 3 is 2.78 bits per heavy atom. The third-order valence-corrected chi connectivity index (χ3v) is 5.66. The number of nitrogens with zero attached hydrogens (tertiary/aromatic N) is 2. The minimum Gasteiger partial charge on any atom is -0.391 e. The van der Waals surface area contributed by atoms with Gasteiger partial charge in [0.15, 0.2) is 0 Å². The van der Waals surface area contributed by atoms with Gasteiger partial charge in [0.25, 0.3) is 5.91 Å². The predicted molar refractivity (Wildman–Crippen MR) is 83.5 cm³/mol. The van der Waals surface area contributed by atoms with E-state index in [-0.39, 0.29) is 29.7 Å². The van der Waals surface area contributed by atoms with Crippen LogP contribution in [0.15, 0.2) is 0 Å². The highest BCUT2D eigenvalue weighted by atomic mass is 16.3. The third kappa shape index (κ3) is 3.36. The quantitative estimate of drug-likeness (QED) is 0.612. The number of aliphatic hydroxyl groups excluding tert-OH is 2. The highest BCUT2D eigenvalue weighted by Crippen LogP contribution is 2.53. The molecule has 1 spiro atoms. The lowest BCUT2D eigenvalue weighted by Crippen LogP contribution is -2.55. The van der Waals surface area contributed by atoms with E-state index in [1.807, 2.05) is 6.92 Å². The zero-order valence-electron chi connectivity index (χ0n) is 13.7. The molecule has 2 heterocycles. The Kier molecular flexibility index (Phi) is 4.62. The summed E-state index contributed by atoms with van der Waals surface area (Å²) in [5, 5.41) is 23.4. The topological polar surface area (TPSA) is 93.1 Å². The van der Waals surface area contributed by atoms with E-state index in [4.69, 9.17) is 0 Å². The normalized spacial score (nSPS) is 31.3. The SMILES string of the molecule is CC1NCCN(CCC(O)C(=O)N2CCC3(CC3)C(O)C2)C1=O. The number of piperazine rings is 1. The molecule has 1 saturated carbocycles. The Morgan fingerprint density at radius 2 is 2.13 bits per heavy atom. The van der Waals surface area contributed by atoms with E-state index < -0.39 is 12.2 Å². The summed E-state index contributed by atoms with van der Waals surface area (Å²) in [6.45, 7) is 4.47. The van der Waals surface area contributed by atoms with Gasteiger partial charge in [-0.3, -0.25) is 9.59 Å². The van der Waals surface area contributed by atoms with E-state index >= 15 is 0 Å². The maximum atomic E-state index is 12.3. The molecule has 23 heavy (non-hydrogen) atoms. The number of likely N-dealkylation sites (tertiary alicyclic amines) is 1. The molecule has 0 aromatic carbocycles. The lowest BCUT2D eigenvalue weighted by Gasteiger charge is -2.37. The van der Waals surface area contributed by atoms with Crippen molar-refractivity contribution in [3.8, 4) is 0 Å². The van der Waals surface area contributed by atoms with Gasteiger partial charge in [-0.25, -0.2) is 0 Å². The summed E-state index contributed by atoms with van der Waals surface area (Å²) in [6.07, 6.45) is 1.58. The number of carbonyl (C=O) groups excluding carboxylic acids is 2. The van der Waals surface area contributed by atoms with Crippen LogP contribution < -0.4 is 5.32 Å². The summed E-state index contributed by atoms with van der Waals surface area (Å²) < 4.78 is 0. The number of hydrogen-bond donors (Lipinski definition) is 3. The molecule has 3 N–H and O–H groups in total. The van der Waals surface area contributed by atoms with Crippen LogP contribution in [-0.4, -0.2) is 82.8 Å². The second-order valence-electron chi connectivity index (χ2n) is 7.22. The maximum Gasteiger partial charge on any atom is 0.251 e. The molecule has 0 radical (unpaired) electrons. The van der Waals surface area contributed by atoms with Crippen molar-refractivity contribution >= 4 is 11.8 Å². The smallest absolute Gasteiger partial charge is 0.251 e. The van der Waals surface area contributed by atoms with Gasteiger partial charge in [-0.2, -0.15) is 0 Å². The molecule has 2 aliphatic heterocycles. The largest absolute Gasteiger partial charge is 0.391 e. The first-order valence-corrected chi connectivity index (χ1v) is 8.60. The highest BCUT2D eigenvalue weighted by molar-refractivity contribution is 5.83. The van der Waals surface area contributed by atoms with Gasteiger partial charge < -0.3 is 25.3 Å². The fourth-order valence-electron chi connectivity index (χ4n) is 3.68. The summed E-state index contributed by atoms with van der Waals surface area (Å²) in [5.74, 6) is -0.310. The Morgan fingerprint density at radius 1 is 1.39 bits per heavy atom. The molecule has 0 aromatic rings. The van der Waals surface area contributed by atoms with Crippen molar-refractivity contribution in [2.45, 2.75) is 50.9 Å². The first-order valence-electron chi connectivity index (χ1n) is 8.60. The zero-order valence-corrected chi connectivity index (χ0v) is 13.7. The predicted octanol–water partition coefficient (Wildman–Crippen LogP) is -1.07. The molecule has 3 fully saturated rings. The summed E-state index contributed by atoms with van der Waals surface area (Å²) in [6, 6.07) is -0.205. The molecule has 3 unspecified atom stereocenters. The molecular weight excluding hydrogens is 298 g/mol. The van der Waals surface area contributed by atoms with Crippen LogP contribution in [0, 0.1) is 5.41 Å². The van der Waals surface area contributed by atoms with Crippen LogP contribution in [0.5, 0.6) is 0 Å². The van der Waals surface area contributed by atoms with Crippen molar-refractivity contribution in [3.63, 3.8) is 0 Å². The van der Waals surface area contributed by atoms with E-state index in [0.717, 1.165) is 25.8 Å². The van der Waals surface area contributed by atoms with Crippen LogP contribution in [0.1, 0.15) is 32.6 Å². The molecule has 0 aromatic heterocycles. The summed E-state index contributed by atoms with van der Waals surface area (Å²) in [7, 11) is 0. The van der Waals surface area contributed by atoms with Gasteiger partial charge in [0, 0.05) is 32.7 Å². The summed E-state index contributed by atoms with van der Waals surface area (Å²) in [5.41, 5.74) is 0.0467. The molecule has 3 aliphatic rings. The monoisotopic (exact) mass is 325 g/mol. The number of aliphatic hydroxyl groups is 2. The standard InChI is InChI=1S/C16H27N3O4/c1-11-14(22)18(9-6-17-11)7-2-12(20)15(23)19-8-5-16(3-4-16)13(21)10-19/h11-13,17,20-21H,2-10H2,1H3. The highest BCUT2D eigenvalue weighted by Gasteiger charge is 2.52. The first-order chi connectivity index (χ1) is 10.9. The Balaban J connectivity index is 1.47. The Bertz CT molecular complexity index is 480. The van der Waals surface area contributed by atoms with Crippen LogP contribution in [0.3, 0.4) is 0 Å². The van der Waals surface area contributed by atoms with Crippen molar-refractivity contribution in [3.05, 3.63) is 0 Å². The molecule has 2 amide bonds. The Hall–Kier alpha value is -1.18. The van der Waals surface area contributed by atoms with Gasteiger partial charge in [0.05, 0.1) is 12.1 Å². The average Bonchev–Trinajstić information content (AvgIpc) is 3.31. The molecule has 7 heteroatoms. The van der Waals surface area contributed by atoms with E-state index in [1.54, 1.807) is 9.80 Å². The van der Waals surface area contributed by atoms with Crippen LogP contribution in [0.2, 0.25) is 0 Å². The van der Waals surface area contributed by atoms with Crippen LogP contribution >= 0.6 is 0 Å². The number of carbonyl (C=O) groups is 2. The van der Waals surface area contributed by atoms with Gasteiger partial charge in [0.2, 0.25) is 5.91 Å². The van der Waals surface area contributed by atoms with E-state index in [1.165, 1.54) is 0 Å². The lowest BCUT2D eigenvalue weighted by atomic mass is 9.90. The molecule has 2 saturated heterocycles. The molecule has 7 nitrogen and oxygen atoms in total. The van der Waals surface area contributed by atoms with Crippen molar-refractivity contribution in [1.29, 1.82) is 0 Å². The van der Waals surface area contributed by atoms with Gasteiger partial charge in [-0.05, 0) is 38.0 Å².